The highest BCUT2D eigenvalue weighted by atomic mass is 16.5. The summed E-state index contributed by atoms with van der Waals surface area (Å²) in [5, 5.41) is 8.35. The normalized spacial score (nSPS) is 14.3. The highest BCUT2D eigenvalue weighted by molar-refractivity contribution is 5.70. The summed E-state index contributed by atoms with van der Waals surface area (Å²) in [6.45, 7) is 3.87. The molecule has 0 radical (unpaired) electrons. The zero-order valence-corrected chi connectivity index (χ0v) is 8.17. The van der Waals surface area contributed by atoms with Crippen molar-refractivity contribution in [3.63, 3.8) is 0 Å². The monoisotopic (exact) mass is 184 g/mol. The van der Waals surface area contributed by atoms with Crippen molar-refractivity contribution in [2.24, 2.45) is 5.73 Å². The Morgan fingerprint density at radius 1 is 1.69 bits per heavy atom. The van der Waals surface area contributed by atoms with Crippen LogP contribution in [-0.2, 0) is 9.53 Å². The smallest absolute Gasteiger partial charge is 0.307 e. The molecule has 0 saturated carbocycles. The molecular formula is C9H16N2O2. The van der Waals surface area contributed by atoms with Crippen molar-refractivity contribution in [2.45, 2.75) is 38.6 Å². The molecule has 2 N–H and O–H groups in total. The molecule has 4 heteroatoms. The third-order valence-electron chi connectivity index (χ3n) is 1.66. The van der Waals surface area contributed by atoms with Gasteiger partial charge in [-0.25, -0.2) is 0 Å². The summed E-state index contributed by atoms with van der Waals surface area (Å²) in [6.07, 6.45) is 1.05. The lowest BCUT2D eigenvalue weighted by atomic mass is 9.94. The summed E-state index contributed by atoms with van der Waals surface area (Å²) in [5.74, 6) is -0.301. The molecule has 0 spiro atoms. The number of ether oxygens (including phenoxy) is 1. The molecule has 0 amide bonds. The molecule has 1 unspecified atom stereocenters. The Morgan fingerprint density at radius 2 is 2.31 bits per heavy atom. The minimum atomic E-state index is -0.623. The molecule has 0 aromatic carbocycles. The maximum Gasteiger partial charge on any atom is 0.307 e. The summed E-state index contributed by atoms with van der Waals surface area (Å²) in [4.78, 5) is 11.0. The number of rotatable bonds is 5. The molecule has 13 heavy (non-hydrogen) atoms. The van der Waals surface area contributed by atoms with E-state index in [0.717, 1.165) is 0 Å². The van der Waals surface area contributed by atoms with Crippen molar-refractivity contribution >= 4 is 5.97 Å². The van der Waals surface area contributed by atoms with Crippen LogP contribution in [0, 0.1) is 11.3 Å². The Bertz CT molecular complexity index is 206. The lowest BCUT2D eigenvalue weighted by Crippen LogP contribution is -2.38. The van der Waals surface area contributed by atoms with E-state index in [9.17, 15) is 4.79 Å². The van der Waals surface area contributed by atoms with E-state index in [1.165, 1.54) is 0 Å². The van der Waals surface area contributed by atoms with E-state index in [2.05, 4.69) is 0 Å². The van der Waals surface area contributed by atoms with Crippen molar-refractivity contribution in [3.05, 3.63) is 0 Å². The topological polar surface area (TPSA) is 76.1 Å². The molecular weight excluding hydrogens is 168 g/mol. The molecule has 0 fully saturated rings. The minimum Gasteiger partial charge on any atom is -0.466 e. The van der Waals surface area contributed by atoms with E-state index in [1.54, 1.807) is 13.8 Å². The zero-order chi connectivity index (χ0) is 10.3. The van der Waals surface area contributed by atoms with Gasteiger partial charge in [0, 0.05) is 12.0 Å². The summed E-state index contributed by atoms with van der Waals surface area (Å²) in [6, 6.07) is 2.00. The van der Waals surface area contributed by atoms with Gasteiger partial charge in [0.05, 0.1) is 19.1 Å². The van der Waals surface area contributed by atoms with Crippen LogP contribution in [-0.4, -0.2) is 18.1 Å². The van der Waals surface area contributed by atoms with Crippen LogP contribution in [0.2, 0.25) is 0 Å². The Labute approximate surface area is 78.7 Å². The molecule has 74 valence electrons. The molecule has 0 heterocycles. The number of carbonyl (C=O) groups excluding carboxylic acids is 1. The molecule has 1 atom stereocenters. The standard InChI is InChI=1S/C9H16N2O2/c1-3-13-8(12)7-9(2,11)5-4-6-10/h3-5,7,11H2,1-2H3. The quantitative estimate of drug-likeness (QED) is 0.646. The van der Waals surface area contributed by atoms with Gasteiger partial charge in [-0.1, -0.05) is 0 Å². The van der Waals surface area contributed by atoms with Crippen molar-refractivity contribution < 1.29 is 9.53 Å². The molecule has 0 aliphatic carbocycles. The second kappa shape index (κ2) is 5.55. The molecule has 0 aromatic rings. The van der Waals surface area contributed by atoms with E-state index in [0.29, 0.717) is 19.4 Å². The molecule has 0 aromatic heterocycles. The third-order valence-corrected chi connectivity index (χ3v) is 1.66. The average molecular weight is 184 g/mol. The Balaban J connectivity index is 3.87. The van der Waals surface area contributed by atoms with Crippen molar-refractivity contribution in [3.8, 4) is 6.07 Å². The number of hydrogen-bond acceptors (Lipinski definition) is 4. The number of hydrogen-bond donors (Lipinski definition) is 1. The van der Waals surface area contributed by atoms with E-state index in [4.69, 9.17) is 15.7 Å². The van der Waals surface area contributed by atoms with Crippen LogP contribution in [0.1, 0.15) is 33.1 Å². The molecule has 0 rings (SSSR count). The molecule has 4 nitrogen and oxygen atoms in total. The number of esters is 1. The summed E-state index contributed by atoms with van der Waals surface area (Å²) in [7, 11) is 0. The van der Waals surface area contributed by atoms with Gasteiger partial charge in [-0.3, -0.25) is 4.79 Å². The van der Waals surface area contributed by atoms with Crippen LogP contribution < -0.4 is 5.73 Å². The van der Waals surface area contributed by atoms with E-state index >= 15 is 0 Å². The highest BCUT2D eigenvalue weighted by Crippen LogP contribution is 2.13. The van der Waals surface area contributed by atoms with Gasteiger partial charge in [0.15, 0.2) is 0 Å². The first kappa shape index (κ1) is 11.9. The van der Waals surface area contributed by atoms with Gasteiger partial charge >= 0.3 is 5.97 Å². The van der Waals surface area contributed by atoms with Crippen LogP contribution in [0.5, 0.6) is 0 Å². The van der Waals surface area contributed by atoms with Crippen molar-refractivity contribution in [1.29, 1.82) is 5.26 Å². The molecule has 0 bridgehead atoms. The summed E-state index contributed by atoms with van der Waals surface area (Å²) >= 11 is 0. The third kappa shape index (κ3) is 6.12. The highest BCUT2D eigenvalue weighted by Gasteiger charge is 2.22. The number of carbonyl (C=O) groups is 1. The molecule has 0 aliphatic heterocycles. The number of nitrogens with zero attached hydrogens (tertiary/aromatic N) is 1. The van der Waals surface area contributed by atoms with Crippen LogP contribution in [0.15, 0.2) is 0 Å². The number of nitriles is 1. The maximum absolute atomic E-state index is 11.0. The first-order valence-electron chi connectivity index (χ1n) is 4.33. The predicted octanol–water partition coefficient (Wildman–Crippen LogP) is 0.961. The van der Waals surface area contributed by atoms with Crippen LogP contribution in [0.25, 0.3) is 0 Å². The number of nitrogens with two attached hydrogens (primary N) is 1. The van der Waals surface area contributed by atoms with Crippen LogP contribution in [0.3, 0.4) is 0 Å². The lowest BCUT2D eigenvalue weighted by molar-refractivity contribution is -0.144. The van der Waals surface area contributed by atoms with Crippen molar-refractivity contribution in [2.75, 3.05) is 6.61 Å². The summed E-state index contributed by atoms with van der Waals surface area (Å²) < 4.78 is 4.76. The van der Waals surface area contributed by atoms with Gasteiger partial charge in [0.25, 0.3) is 0 Å². The SMILES string of the molecule is CCOC(=O)CC(C)(N)CCC#N. The zero-order valence-electron chi connectivity index (χ0n) is 8.17. The van der Waals surface area contributed by atoms with E-state index in [1.807, 2.05) is 6.07 Å². The minimum absolute atomic E-state index is 0.169. The lowest BCUT2D eigenvalue weighted by Gasteiger charge is -2.21. The fourth-order valence-corrected chi connectivity index (χ4v) is 0.972. The van der Waals surface area contributed by atoms with Crippen molar-refractivity contribution in [1.82, 2.24) is 0 Å². The van der Waals surface area contributed by atoms with Gasteiger partial charge in [-0.05, 0) is 20.3 Å². The van der Waals surface area contributed by atoms with Gasteiger partial charge in [-0.2, -0.15) is 5.26 Å². The second-order valence-electron chi connectivity index (χ2n) is 3.29. The largest absolute Gasteiger partial charge is 0.466 e. The van der Waals surface area contributed by atoms with Gasteiger partial charge in [0.1, 0.15) is 0 Å². The first-order valence-corrected chi connectivity index (χ1v) is 4.33. The Kier molecular flexibility index (Phi) is 5.09. The van der Waals surface area contributed by atoms with Gasteiger partial charge < -0.3 is 10.5 Å². The Hall–Kier alpha value is -1.08. The second-order valence-corrected chi connectivity index (χ2v) is 3.29. The van der Waals surface area contributed by atoms with Crippen LogP contribution >= 0.6 is 0 Å². The Morgan fingerprint density at radius 3 is 2.77 bits per heavy atom. The summed E-state index contributed by atoms with van der Waals surface area (Å²) in [5.41, 5.74) is 5.16. The first-order chi connectivity index (χ1) is 6.02. The van der Waals surface area contributed by atoms with E-state index in [-0.39, 0.29) is 12.4 Å². The fourth-order valence-electron chi connectivity index (χ4n) is 0.972. The maximum atomic E-state index is 11.0. The van der Waals surface area contributed by atoms with Gasteiger partial charge in [-0.15, -0.1) is 0 Å². The molecule has 0 aliphatic rings. The fraction of sp³-hybridized carbons (Fsp3) is 0.778. The average Bonchev–Trinajstić information content (AvgIpc) is 2.00. The van der Waals surface area contributed by atoms with Crippen LogP contribution in [0.4, 0.5) is 0 Å². The predicted molar refractivity (Wildman–Crippen MR) is 48.7 cm³/mol. The molecule has 0 saturated heterocycles. The van der Waals surface area contributed by atoms with Gasteiger partial charge in [0.2, 0.25) is 0 Å². The van der Waals surface area contributed by atoms with E-state index < -0.39 is 5.54 Å².